The number of halogens is 3. The summed E-state index contributed by atoms with van der Waals surface area (Å²) in [5.41, 5.74) is 0.555. The second kappa shape index (κ2) is 11.1. The summed E-state index contributed by atoms with van der Waals surface area (Å²) >= 11 is 0. The van der Waals surface area contributed by atoms with E-state index in [2.05, 4.69) is 23.4 Å². The van der Waals surface area contributed by atoms with Crippen LogP contribution in [0.4, 0.5) is 13.2 Å². The molecular formula is C30H29F3N6O2. The molecule has 212 valence electrons. The third-order valence-electron chi connectivity index (χ3n) is 7.62. The number of carbonyl (C=O) groups is 1. The summed E-state index contributed by atoms with van der Waals surface area (Å²) in [6.45, 7) is 2.18. The molecule has 0 bridgehead atoms. The van der Waals surface area contributed by atoms with E-state index in [1.807, 2.05) is 0 Å². The van der Waals surface area contributed by atoms with Gasteiger partial charge in [0.25, 0.3) is 5.56 Å². The second-order valence-electron chi connectivity index (χ2n) is 10.5. The van der Waals surface area contributed by atoms with Crippen LogP contribution in [0.1, 0.15) is 49.3 Å². The summed E-state index contributed by atoms with van der Waals surface area (Å²) in [5, 5.41) is 16.6. The van der Waals surface area contributed by atoms with Crippen molar-refractivity contribution in [3.05, 3.63) is 87.8 Å². The number of carbonyl (C=O) groups excluding carboxylic acids is 1. The van der Waals surface area contributed by atoms with E-state index in [-0.39, 0.29) is 29.6 Å². The van der Waals surface area contributed by atoms with Crippen LogP contribution in [-0.2, 0) is 24.4 Å². The second-order valence-corrected chi connectivity index (χ2v) is 10.5. The highest BCUT2D eigenvalue weighted by molar-refractivity contribution is 5.81. The first-order chi connectivity index (χ1) is 19.6. The molecule has 0 aliphatic heterocycles. The SMILES string of the molecule is CC1CCC(NC(=O)Cc2c(-c3ccnn3-c3ccc(C#N)cc3)n(C)n(-c3cccc(C(F)(F)F)c3)c2=O)CC1. The maximum atomic E-state index is 13.9. The fourth-order valence-corrected chi connectivity index (χ4v) is 5.45. The molecule has 1 fully saturated rings. The molecule has 1 N–H and O–H groups in total. The number of nitrogens with one attached hydrogen (secondary N) is 1. The van der Waals surface area contributed by atoms with Crippen molar-refractivity contribution in [1.29, 1.82) is 5.26 Å². The summed E-state index contributed by atoms with van der Waals surface area (Å²) in [7, 11) is 1.57. The van der Waals surface area contributed by atoms with Crippen molar-refractivity contribution >= 4 is 5.91 Å². The number of alkyl halides is 3. The quantitative estimate of drug-likeness (QED) is 0.351. The molecule has 0 saturated heterocycles. The minimum atomic E-state index is -4.60. The molecule has 11 heteroatoms. The topological polar surface area (TPSA) is 97.6 Å². The Balaban J connectivity index is 1.61. The molecule has 0 radical (unpaired) electrons. The zero-order valence-corrected chi connectivity index (χ0v) is 22.7. The molecule has 8 nitrogen and oxygen atoms in total. The highest BCUT2D eigenvalue weighted by Gasteiger charge is 2.32. The Morgan fingerprint density at radius 1 is 1.07 bits per heavy atom. The van der Waals surface area contributed by atoms with E-state index in [1.54, 1.807) is 42.1 Å². The predicted molar refractivity (Wildman–Crippen MR) is 147 cm³/mol. The molecular weight excluding hydrogens is 533 g/mol. The molecule has 4 aromatic rings. The number of hydrogen-bond acceptors (Lipinski definition) is 4. The minimum Gasteiger partial charge on any atom is -0.353 e. The molecule has 1 aliphatic carbocycles. The van der Waals surface area contributed by atoms with Crippen molar-refractivity contribution in [2.75, 3.05) is 0 Å². The van der Waals surface area contributed by atoms with Gasteiger partial charge in [-0.2, -0.15) is 23.5 Å². The first kappa shape index (κ1) is 28.0. The fraction of sp³-hybridized carbons (Fsp3) is 0.333. The maximum Gasteiger partial charge on any atom is 0.416 e. The van der Waals surface area contributed by atoms with Gasteiger partial charge in [0.1, 0.15) is 0 Å². The van der Waals surface area contributed by atoms with Crippen LogP contribution < -0.4 is 10.9 Å². The van der Waals surface area contributed by atoms with Gasteiger partial charge in [0.2, 0.25) is 5.91 Å². The van der Waals surface area contributed by atoms with Crippen LogP contribution in [0.25, 0.3) is 22.8 Å². The Morgan fingerprint density at radius 2 is 1.78 bits per heavy atom. The molecule has 0 spiro atoms. The van der Waals surface area contributed by atoms with Crippen molar-refractivity contribution in [2.24, 2.45) is 13.0 Å². The van der Waals surface area contributed by atoms with Gasteiger partial charge in [-0.25, -0.2) is 9.36 Å². The standard InChI is InChI=1S/C30H29F3N6O2/c1-19-6-10-22(11-7-19)36-27(40)17-25-28(26-14-15-35-38(26)23-12-8-20(18-34)9-13-23)37(2)39(29(25)41)24-5-3-4-21(16-24)30(31,32)33/h3-5,8-9,12-16,19,22H,6-7,10-11,17H2,1-2H3,(H,36,40). The Kier molecular flexibility index (Phi) is 7.58. The van der Waals surface area contributed by atoms with Gasteiger partial charge in [0.05, 0.1) is 58.1 Å². The van der Waals surface area contributed by atoms with Crippen molar-refractivity contribution in [2.45, 2.75) is 51.2 Å². The normalized spacial score (nSPS) is 17.3. The lowest BCUT2D eigenvalue weighted by Crippen LogP contribution is -2.38. The number of rotatable bonds is 6. The third kappa shape index (κ3) is 5.68. The smallest absolute Gasteiger partial charge is 0.353 e. The molecule has 2 aromatic carbocycles. The molecule has 0 atom stereocenters. The monoisotopic (exact) mass is 562 g/mol. The summed E-state index contributed by atoms with van der Waals surface area (Å²) in [6.07, 6.45) is 0.414. The Bertz CT molecular complexity index is 1670. The van der Waals surface area contributed by atoms with Crippen LogP contribution >= 0.6 is 0 Å². The number of amides is 1. The van der Waals surface area contributed by atoms with E-state index in [9.17, 15) is 22.8 Å². The van der Waals surface area contributed by atoms with Crippen molar-refractivity contribution in [3.8, 4) is 28.8 Å². The Morgan fingerprint density at radius 3 is 2.44 bits per heavy atom. The summed E-state index contributed by atoms with van der Waals surface area (Å²) < 4.78 is 44.7. The molecule has 2 heterocycles. The van der Waals surface area contributed by atoms with E-state index >= 15 is 0 Å². The van der Waals surface area contributed by atoms with Gasteiger partial charge in [-0.15, -0.1) is 0 Å². The number of nitriles is 1. The van der Waals surface area contributed by atoms with Gasteiger partial charge in [0, 0.05) is 13.1 Å². The van der Waals surface area contributed by atoms with Crippen molar-refractivity contribution < 1.29 is 18.0 Å². The Hall–Kier alpha value is -4.59. The van der Waals surface area contributed by atoms with Crippen LogP contribution in [0.2, 0.25) is 0 Å². The number of nitrogens with zero attached hydrogens (tertiary/aromatic N) is 5. The highest BCUT2D eigenvalue weighted by Crippen LogP contribution is 2.31. The van der Waals surface area contributed by atoms with E-state index in [1.165, 1.54) is 23.0 Å². The van der Waals surface area contributed by atoms with Crippen LogP contribution in [0, 0.1) is 17.2 Å². The molecule has 41 heavy (non-hydrogen) atoms. The van der Waals surface area contributed by atoms with Crippen LogP contribution in [0.15, 0.2) is 65.6 Å². The Labute approximate surface area is 234 Å². The van der Waals surface area contributed by atoms with Gasteiger partial charge in [-0.1, -0.05) is 13.0 Å². The predicted octanol–water partition coefficient (Wildman–Crippen LogP) is 5.16. The molecule has 1 saturated carbocycles. The zero-order chi connectivity index (χ0) is 29.3. The summed E-state index contributed by atoms with van der Waals surface area (Å²) in [6, 6.07) is 14.9. The lowest BCUT2D eigenvalue weighted by atomic mass is 9.87. The molecule has 5 rings (SSSR count). The largest absolute Gasteiger partial charge is 0.416 e. The van der Waals surface area contributed by atoms with Gasteiger partial charge in [-0.3, -0.25) is 14.3 Å². The first-order valence-corrected chi connectivity index (χ1v) is 13.4. The van der Waals surface area contributed by atoms with Gasteiger partial charge >= 0.3 is 6.18 Å². The van der Waals surface area contributed by atoms with Crippen LogP contribution in [0.5, 0.6) is 0 Å². The average Bonchev–Trinajstić information content (AvgIpc) is 3.51. The van der Waals surface area contributed by atoms with Gasteiger partial charge in [-0.05, 0) is 80.1 Å². The molecule has 1 aliphatic rings. The molecule has 2 aromatic heterocycles. The van der Waals surface area contributed by atoms with E-state index in [0.717, 1.165) is 42.5 Å². The number of benzene rings is 2. The van der Waals surface area contributed by atoms with Gasteiger partial charge < -0.3 is 5.32 Å². The number of hydrogen-bond donors (Lipinski definition) is 1. The zero-order valence-electron chi connectivity index (χ0n) is 22.7. The van der Waals surface area contributed by atoms with E-state index < -0.39 is 17.3 Å². The number of aromatic nitrogens is 4. The van der Waals surface area contributed by atoms with Crippen molar-refractivity contribution in [1.82, 2.24) is 24.5 Å². The molecule has 1 amide bonds. The lowest BCUT2D eigenvalue weighted by Gasteiger charge is -2.26. The summed E-state index contributed by atoms with van der Waals surface area (Å²) in [4.78, 5) is 27.1. The van der Waals surface area contributed by atoms with E-state index in [4.69, 9.17) is 5.26 Å². The minimum absolute atomic E-state index is 0.0146. The van der Waals surface area contributed by atoms with Crippen LogP contribution in [0.3, 0.4) is 0 Å². The lowest BCUT2D eigenvalue weighted by molar-refractivity contribution is -0.137. The average molecular weight is 563 g/mol. The maximum absolute atomic E-state index is 13.9. The summed E-state index contributed by atoms with van der Waals surface area (Å²) in [5.74, 6) is 0.278. The van der Waals surface area contributed by atoms with Crippen molar-refractivity contribution in [3.63, 3.8) is 0 Å². The first-order valence-electron chi connectivity index (χ1n) is 13.4. The highest BCUT2D eigenvalue weighted by atomic mass is 19.4. The van der Waals surface area contributed by atoms with Gasteiger partial charge in [0.15, 0.2) is 0 Å². The third-order valence-corrected chi connectivity index (χ3v) is 7.62. The molecule has 0 unspecified atom stereocenters. The van der Waals surface area contributed by atoms with E-state index in [0.29, 0.717) is 28.6 Å². The van der Waals surface area contributed by atoms with Crippen LogP contribution in [-0.4, -0.2) is 31.1 Å². The fourth-order valence-electron chi connectivity index (χ4n) is 5.45.